The molecule has 0 aliphatic carbocycles. The maximum atomic E-state index is 13.7. The molecule has 43 heavy (non-hydrogen) atoms. The summed E-state index contributed by atoms with van der Waals surface area (Å²) < 4.78 is 33.6. The van der Waals surface area contributed by atoms with Gasteiger partial charge in [0.25, 0.3) is 5.91 Å². The van der Waals surface area contributed by atoms with Crippen LogP contribution in [0.15, 0.2) is 83.9 Å². The standard InChI is InChI=1S/C33H39N5O4S/c1-2-3-17-37(25-26-10-5-4-6-11-26)18-9-16-35-33(39)29-24-32(31-12-7-8-15-34-31)36-30-14-13-27(23-28(29)30)43(40,41)38-19-21-42-22-20-38/h4-8,10-15,23-24H,2-3,9,16-22,25H2,1H3,(H,35,39). The van der Waals surface area contributed by atoms with E-state index in [4.69, 9.17) is 9.72 Å². The number of nitrogens with zero attached hydrogens (tertiary/aromatic N) is 4. The van der Waals surface area contributed by atoms with Crippen LogP contribution in [0.1, 0.15) is 42.1 Å². The van der Waals surface area contributed by atoms with Crippen molar-refractivity contribution in [2.24, 2.45) is 0 Å². The van der Waals surface area contributed by atoms with Crippen LogP contribution in [0, 0.1) is 0 Å². The normalized spacial score (nSPS) is 14.3. The third-order valence-electron chi connectivity index (χ3n) is 7.57. The number of ether oxygens (including phenoxy) is 1. The fourth-order valence-electron chi connectivity index (χ4n) is 5.23. The largest absolute Gasteiger partial charge is 0.379 e. The molecule has 2 aromatic carbocycles. The molecule has 2 aromatic heterocycles. The molecule has 5 rings (SSSR count). The van der Waals surface area contributed by atoms with Gasteiger partial charge in [0.05, 0.1) is 40.6 Å². The van der Waals surface area contributed by atoms with Crippen LogP contribution >= 0.6 is 0 Å². The molecule has 1 aliphatic heterocycles. The Labute approximate surface area is 254 Å². The van der Waals surface area contributed by atoms with Gasteiger partial charge in [-0.05, 0) is 61.3 Å². The summed E-state index contributed by atoms with van der Waals surface area (Å²) in [5.41, 5.74) is 3.36. The van der Waals surface area contributed by atoms with Crippen LogP contribution < -0.4 is 5.32 Å². The maximum Gasteiger partial charge on any atom is 0.252 e. The number of fused-ring (bicyclic) bond motifs is 1. The molecule has 1 N–H and O–H groups in total. The lowest BCUT2D eigenvalue weighted by Gasteiger charge is -2.26. The summed E-state index contributed by atoms with van der Waals surface area (Å²) in [5, 5.41) is 3.56. The molecule has 0 spiro atoms. The van der Waals surface area contributed by atoms with Crippen molar-refractivity contribution in [3.63, 3.8) is 0 Å². The summed E-state index contributed by atoms with van der Waals surface area (Å²) >= 11 is 0. The first-order chi connectivity index (χ1) is 21.0. The van der Waals surface area contributed by atoms with Gasteiger partial charge in [0.2, 0.25) is 10.0 Å². The van der Waals surface area contributed by atoms with Crippen LogP contribution in [0.2, 0.25) is 0 Å². The van der Waals surface area contributed by atoms with Crippen molar-refractivity contribution in [1.29, 1.82) is 0 Å². The van der Waals surface area contributed by atoms with Crippen molar-refractivity contribution in [1.82, 2.24) is 24.5 Å². The number of morpholine rings is 1. The first kappa shape index (κ1) is 30.7. The van der Waals surface area contributed by atoms with Crippen molar-refractivity contribution in [3.8, 4) is 11.4 Å². The van der Waals surface area contributed by atoms with Gasteiger partial charge in [0, 0.05) is 44.3 Å². The number of hydrogen-bond donors (Lipinski definition) is 1. The minimum atomic E-state index is -3.75. The summed E-state index contributed by atoms with van der Waals surface area (Å²) in [5.74, 6) is -0.270. The third kappa shape index (κ3) is 7.83. The summed E-state index contributed by atoms with van der Waals surface area (Å²) in [6.45, 7) is 6.72. The Morgan fingerprint density at radius 1 is 0.953 bits per heavy atom. The van der Waals surface area contributed by atoms with Crippen molar-refractivity contribution < 1.29 is 17.9 Å². The molecule has 0 saturated carbocycles. The van der Waals surface area contributed by atoms with E-state index in [0.29, 0.717) is 60.7 Å². The fraction of sp³-hybridized carbons (Fsp3) is 0.364. The van der Waals surface area contributed by atoms with Crippen molar-refractivity contribution in [3.05, 3.63) is 90.1 Å². The van der Waals surface area contributed by atoms with Crippen LogP contribution in [0.5, 0.6) is 0 Å². The molecular formula is C33H39N5O4S. The predicted molar refractivity (Wildman–Crippen MR) is 168 cm³/mol. The van der Waals surface area contributed by atoms with E-state index in [1.54, 1.807) is 30.5 Å². The van der Waals surface area contributed by atoms with Crippen molar-refractivity contribution in [2.75, 3.05) is 45.9 Å². The van der Waals surface area contributed by atoms with Gasteiger partial charge < -0.3 is 10.1 Å². The van der Waals surface area contributed by atoms with E-state index in [0.717, 1.165) is 38.9 Å². The smallest absolute Gasteiger partial charge is 0.252 e. The molecule has 0 bridgehead atoms. The minimum absolute atomic E-state index is 0.135. The summed E-state index contributed by atoms with van der Waals surface area (Å²) in [6.07, 6.45) is 4.71. The molecule has 226 valence electrons. The van der Waals surface area contributed by atoms with Crippen LogP contribution in [0.25, 0.3) is 22.3 Å². The highest BCUT2D eigenvalue weighted by molar-refractivity contribution is 7.89. The zero-order chi connectivity index (χ0) is 30.1. The molecule has 0 radical (unpaired) electrons. The van der Waals surface area contributed by atoms with Gasteiger partial charge in [-0.3, -0.25) is 14.7 Å². The van der Waals surface area contributed by atoms with Gasteiger partial charge in [-0.2, -0.15) is 4.31 Å². The molecule has 0 unspecified atom stereocenters. The van der Waals surface area contributed by atoms with E-state index in [1.165, 1.54) is 9.87 Å². The lowest BCUT2D eigenvalue weighted by atomic mass is 10.1. The number of hydrogen-bond acceptors (Lipinski definition) is 7. The van der Waals surface area contributed by atoms with Crippen LogP contribution in [0.4, 0.5) is 0 Å². The van der Waals surface area contributed by atoms with E-state index >= 15 is 0 Å². The molecule has 0 atom stereocenters. The molecule has 1 amide bonds. The maximum absolute atomic E-state index is 13.7. The Hall–Kier alpha value is -3.70. The van der Waals surface area contributed by atoms with E-state index in [-0.39, 0.29) is 10.8 Å². The van der Waals surface area contributed by atoms with E-state index in [1.807, 2.05) is 24.3 Å². The summed E-state index contributed by atoms with van der Waals surface area (Å²) in [4.78, 5) is 25.4. The van der Waals surface area contributed by atoms with E-state index < -0.39 is 10.0 Å². The molecule has 10 heteroatoms. The highest BCUT2D eigenvalue weighted by Crippen LogP contribution is 2.28. The van der Waals surface area contributed by atoms with Crippen LogP contribution in [-0.4, -0.2) is 79.4 Å². The van der Waals surface area contributed by atoms with E-state index in [2.05, 4.69) is 46.4 Å². The van der Waals surface area contributed by atoms with Gasteiger partial charge in [-0.25, -0.2) is 13.4 Å². The van der Waals surface area contributed by atoms with Gasteiger partial charge >= 0.3 is 0 Å². The number of carbonyl (C=O) groups excluding carboxylic acids is 1. The molecule has 4 aromatic rings. The highest BCUT2D eigenvalue weighted by atomic mass is 32.2. The summed E-state index contributed by atoms with van der Waals surface area (Å²) in [6, 6.07) is 22.4. The van der Waals surface area contributed by atoms with E-state index in [9.17, 15) is 13.2 Å². The van der Waals surface area contributed by atoms with Crippen LogP contribution in [0.3, 0.4) is 0 Å². The monoisotopic (exact) mass is 601 g/mol. The number of aromatic nitrogens is 2. The Balaban J connectivity index is 1.37. The Morgan fingerprint density at radius 3 is 2.47 bits per heavy atom. The lowest BCUT2D eigenvalue weighted by Crippen LogP contribution is -2.40. The lowest BCUT2D eigenvalue weighted by molar-refractivity contribution is 0.0730. The van der Waals surface area contributed by atoms with Crippen LogP contribution in [-0.2, 0) is 21.3 Å². The molecule has 1 saturated heterocycles. The second-order valence-electron chi connectivity index (χ2n) is 10.7. The number of carbonyl (C=O) groups is 1. The van der Waals surface area contributed by atoms with Crippen molar-refractivity contribution >= 4 is 26.8 Å². The molecular weight excluding hydrogens is 562 g/mol. The fourth-order valence-corrected chi connectivity index (χ4v) is 6.66. The Kier molecular flexibility index (Phi) is 10.5. The number of nitrogens with one attached hydrogen (secondary N) is 1. The predicted octanol–water partition coefficient (Wildman–Crippen LogP) is 4.74. The van der Waals surface area contributed by atoms with Gasteiger partial charge in [0.1, 0.15) is 0 Å². The molecule has 1 fully saturated rings. The van der Waals surface area contributed by atoms with Gasteiger partial charge in [0.15, 0.2) is 0 Å². The van der Waals surface area contributed by atoms with Gasteiger partial charge in [-0.1, -0.05) is 49.7 Å². The SMILES string of the molecule is CCCCN(CCCNC(=O)c1cc(-c2ccccn2)nc2ccc(S(=O)(=O)N3CCOCC3)cc12)Cc1ccccc1. The average molecular weight is 602 g/mol. The third-order valence-corrected chi connectivity index (χ3v) is 9.47. The number of benzene rings is 2. The number of amides is 1. The first-order valence-electron chi connectivity index (χ1n) is 14.9. The zero-order valence-electron chi connectivity index (χ0n) is 24.6. The first-order valence-corrected chi connectivity index (χ1v) is 16.4. The molecule has 9 nitrogen and oxygen atoms in total. The number of rotatable bonds is 13. The highest BCUT2D eigenvalue weighted by Gasteiger charge is 2.27. The second kappa shape index (κ2) is 14.7. The number of pyridine rings is 2. The summed E-state index contributed by atoms with van der Waals surface area (Å²) in [7, 11) is -3.75. The quantitative estimate of drug-likeness (QED) is 0.221. The number of sulfonamides is 1. The molecule has 1 aliphatic rings. The topological polar surface area (TPSA) is 105 Å². The Bertz CT molecular complexity index is 1610. The van der Waals surface area contributed by atoms with Crippen molar-refractivity contribution in [2.45, 2.75) is 37.6 Å². The second-order valence-corrected chi connectivity index (χ2v) is 12.6. The average Bonchev–Trinajstić information content (AvgIpc) is 3.05. The number of unbranched alkanes of at least 4 members (excludes halogenated alkanes) is 1. The molecule has 3 heterocycles. The van der Waals surface area contributed by atoms with Gasteiger partial charge in [-0.15, -0.1) is 0 Å². The minimum Gasteiger partial charge on any atom is -0.379 e. The Morgan fingerprint density at radius 2 is 1.72 bits per heavy atom. The zero-order valence-corrected chi connectivity index (χ0v) is 25.4.